The van der Waals surface area contributed by atoms with Crippen LogP contribution >= 0.6 is 0 Å². The molecule has 2 aliphatic heterocycles. The van der Waals surface area contributed by atoms with Crippen molar-refractivity contribution in [1.82, 2.24) is 4.90 Å². The monoisotopic (exact) mass is 417 g/mol. The third-order valence-corrected chi connectivity index (χ3v) is 6.02. The van der Waals surface area contributed by atoms with Gasteiger partial charge in [0.1, 0.15) is 11.5 Å². The SMILES string of the molecule is C=C1/C=C\C=C/C(=C)C2(C(=C)/C=C\C=C/C(=C)N1C)c1ccccc1Oc1ccccc12. The van der Waals surface area contributed by atoms with Crippen LogP contribution in [0.4, 0.5) is 0 Å². The van der Waals surface area contributed by atoms with E-state index in [9.17, 15) is 0 Å². The molecule has 0 radical (unpaired) electrons. The summed E-state index contributed by atoms with van der Waals surface area (Å²) in [5, 5.41) is 0. The van der Waals surface area contributed by atoms with Crippen LogP contribution < -0.4 is 4.74 Å². The van der Waals surface area contributed by atoms with Crippen LogP contribution in [0.2, 0.25) is 0 Å². The zero-order valence-electron chi connectivity index (χ0n) is 18.4. The minimum Gasteiger partial charge on any atom is -0.457 e. The molecule has 4 rings (SSSR count). The van der Waals surface area contributed by atoms with E-state index in [-0.39, 0.29) is 0 Å². The topological polar surface area (TPSA) is 12.5 Å². The molecule has 0 aromatic heterocycles. The second-order valence-corrected chi connectivity index (χ2v) is 7.87. The van der Waals surface area contributed by atoms with E-state index in [0.29, 0.717) is 0 Å². The average Bonchev–Trinajstić information content (AvgIpc) is 2.81. The summed E-state index contributed by atoms with van der Waals surface area (Å²) in [6.07, 6.45) is 15.9. The van der Waals surface area contributed by atoms with Crippen molar-refractivity contribution in [2.45, 2.75) is 5.41 Å². The molecule has 0 atom stereocenters. The molecule has 0 saturated heterocycles. The Balaban J connectivity index is 1.96. The van der Waals surface area contributed by atoms with E-state index in [0.717, 1.165) is 45.2 Å². The number of hydrogen-bond donors (Lipinski definition) is 0. The number of nitrogens with zero attached hydrogens (tertiary/aromatic N) is 1. The molecule has 2 aliphatic rings. The standard InChI is InChI=1S/C30H27NO/c1-22-14-6-8-16-24(3)31(5)25(4)17-9-7-15-23(2)30(22)26-18-10-12-20-28(26)32-29-21-13-11-19-27(29)30/h6-21H,1-4H2,5H3/b14-6-,15-7-,16-8-,17-9-. The molecule has 2 heteroatoms. The number of ether oxygens (including phenoxy) is 1. The molecule has 158 valence electrons. The zero-order chi connectivity index (χ0) is 22.7. The summed E-state index contributed by atoms with van der Waals surface area (Å²) < 4.78 is 6.26. The van der Waals surface area contributed by atoms with Gasteiger partial charge in [0.05, 0.1) is 5.41 Å². The van der Waals surface area contributed by atoms with Crippen molar-refractivity contribution in [2.24, 2.45) is 0 Å². The quantitative estimate of drug-likeness (QED) is 0.443. The average molecular weight is 418 g/mol. The van der Waals surface area contributed by atoms with Gasteiger partial charge in [-0.3, -0.25) is 0 Å². The first-order valence-corrected chi connectivity index (χ1v) is 10.5. The van der Waals surface area contributed by atoms with Gasteiger partial charge in [0.2, 0.25) is 0 Å². The Morgan fingerprint density at radius 1 is 0.625 bits per heavy atom. The van der Waals surface area contributed by atoms with E-state index in [1.165, 1.54) is 0 Å². The highest BCUT2D eigenvalue weighted by atomic mass is 16.5. The molecule has 0 bridgehead atoms. The predicted octanol–water partition coefficient (Wildman–Crippen LogP) is 7.39. The Bertz CT molecular complexity index is 1140. The third kappa shape index (κ3) is 3.50. The first-order valence-electron chi connectivity index (χ1n) is 10.5. The fourth-order valence-electron chi connectivity index (χ4n) is 4.23. The number of hydrogen-bond acceptors (Lipinski definition) is 2. The lowest BCUT2D eigenvalue weighted by Crippen LogP contribution is -2.34. The maximum Gasteiger partial charge on any atom is 0.132 e. The van der Waals surface area contributed by atoms with Crippen molar-refractivity contribution in [3.05, 3.63) is 157 Å². The summed E-state index contributed by atoms with van der Waals surface area (Å²) in [6.45, 7) is 17.3. The second-order valence-electron chi connectivity index (χ2n) is 7.87. The molecular formula is C30H27NO. The van der Waals surface area contributed by atoms with E-state index in [4.69, 9.17) is 4.74 Å². The van der Waals surface area contributed by atoms with Gasteiger partial charge in [-0.15, -0.1) is 0 Å². The first kappa shape index (κ1) is 21.2. The van der Waals surface area contributed by atoms with Crippen LogP contribution in [0, 0.1) is 0 Å². The number of allylic oxidation sites excluding steroid dienone is 10. The zero-order valence-corrected chi connectivity index (χ0v) is 18.4. The Labute approximate surface area is 190 Å². The number of fused-ring (bicyclic) bond motifs is 4. The lowest BCUT2D eigenvalue weighted by Gasteiger charge is -2.42. The van der Waals surface area contributed by atoms with Crippen molar-refractivity contribution >= 4 is 0 Å². The summed E-state index contributed by atoms with van der Waals surface area (Å²) in [5.41, 5.74) is 4.89. The van der Waals surface area contributed by atoms with E-state index in [1.54, 1.807) is 0 Å². The van der Waals surface area contributed by atoms with Gasteiger partial charge < -0.3 is 9.64 Å². The van der Waals surface area contributed by atoms with Crippen LogP contribution in [0.25, 0.3) is 0 Å². The molecule has 0 fully saturated rings. The molecule has 0 saturated carbocycles. The minimum absolute atomic E-state index is 0.658. The van der Waals surface area contributed by atoms with Crippen LogP contribution in [0.15, 0.2) is 146 Å². The van der Waals surface area contributed by atoms with Gasteiger partial charge in [-0.25, -0.2) is 0 Å². The summed E-state index contributed by atoms with van der Waals surface area (Å²) in [5.74, 6) is 1.62. The fourth-order valence-corrected chi connectivity index (χ4v) is 4.23. The van der Waals surface area contributed by atoms with E-state index < -0.39 is 5.41 Å². The van der Waals surface area contributed by atoms with Crippen LogP contribution in [0.1, 0.15) is 11.1 Å². The lowest BCUT2D eigenvalue weighted by atomic mass is 9.63. The van der Waals surface area contributed by atoms with Crippen molar-refractivity contribution in [1.29, 1.82) is 0 Å². The largest absolute Gasteiger partial charge is 0.457 e. The van der Waals surface area contributed by atoms with Gasteiger partial charge in [0.25, 0.3) is 0 Å². The molecule has 2 aromatic carbocycles. The highest BCUT2D eigenvalue weighted by Gasteiger charge is 2.44. The maximum atomic E-state index is 6.26. The highest BCUT2D eigenvalue weighted by Crippen LogP contribution is 2.55. The van der Waals surface area contributed by atoms with Gasteiger partial charge >= 0.3 is 0 Å². The van der Waals surface area contributed by atoms with Gasteiger partial charge in [-0.2, -0.15) is 0 Å². The van der Waals surface area contributed by atoms with Crippen LogP contribution in [-0.4, -0.2) is 11.9 Å². The number of benzene rings is 2. The number of rotatable bonds is 0. The van der Waals surface area contributed by atoms with Crippen LogP contribution in [0.3, 0.4) is 0 Å². The Kier molecular flexibility index (Phi) is 5.70. The van der Waals surface area contributed by atoms with Crippen molar-refractivity contribution in [3.8, 4) is 11.5 Å². The molecule has 0 N–H and O–H groups in total. The molecular weight excluding hydrogens is 390 g/mol. The van der Waals surface area contributed by atoms with Crippen LogP contribution in [0.5, 0.6) is 11.5 Å². The Morgan fingerprint density at radius 3 is 1.50 bits per heavy atom. The van der Waals surface area contributed by atoms with E-state index in [2.05, 4.69) is 38.4 Å². The van der Waals surface area contributed by atoms with Gasteiger partial charge in [-0.05, 0) is 35.4 Å². The molecule has 32 heavy (non-hydrogen) atoms. The minimum atomic E-state index is -0.658. The highest BCUT2D eigenvalue weighted by molar-refractivity contribution is 5.70. The Hall–Kier alpha value is -4.04. The van der Waals surface area contributed by atoms with Gasteiger partial charge in [-0.1, -0.05) is 99.2 Å². The summed E-state index contributed by atoms with van der Waals surface area (Å²) >= 11 is 0. The summed E-state index contributed by atoms with van der Waals surface area (Å²) in [6, 6.07) is 16.2. The smallest absolute Gasteiger partial charge is 0.132 e. The van der Waals surface area contributed by atoms with Crippen molar-refractivity contribution in [3.63, 3.8) is 0 Å². The van der Waals surface area contributed by atoms with Gasteiger partial charge in [0.15, 0.2) is 0 Å². The number of likely N-dealkylation sites (N-methyl/N-ethyl adjacent to an activating group) is 1. The third-order valence-electron chi connectivity index (χ3n) is 6.02. The lowest BCUT2D eigenvalue weighted by molar-refractivity contribution is 0.434. The number of para-hydroxylation sites is 2. The van der Waals surface area contributed by atoms with E-state index in [1.807, 2.05) is 97.0 Å². The molecule has 1 spiro atoms. The molecule has 0 unspecified atom stereocenters. The summed E-state index contributed by atoms with van der Waals surface area (Å²) in [7, 11) is 1.95. The fraction of sp³-hybridized carbons (Fsp3) is 0.0667. The van der Waals surface area contributed by atoms with Crippen LogP contribution in [-0.2, 0) is 5.41 Å². The second kappa shape index (κ2) is 8.60. The molecule has 2 aromatic rings. The molecule has 2 heterocycles. The maximum absolute atomic E-state index is 6.26. The van der Waals surface area contributed by atoms with Crippen molar-refractivity contribution < 1.29 is 4.74 Å². The Morgan fingerprint density at radius 2 is 1.03 bits per heavy atom. The molecule has 2 nitrogen and oxygen atoms in total. The van der Waals surface area contributed by atoms with Crippen molar-refractivity contribution in [2.75, 3.05) is 7.05 Å². The molecule has 0 amide bonds. The predicted molar refractivity (Wildman–Crippen MR) is 135 cm³/mol. The van der Waals surface area contributed by atoms with E-state index >= 15 is 0 Å². The molecule has 0 aliphatic carbocycles. The summed E-state index contributed by atoms with van der Waals surface area (Å²) in [4.78, 5) is 1.94. The van der Waals surface area contributed by atoms with Gasteiger partial charge in [0, 0.05) is 29.6 Å². The first-order chi connectivity index (χ1) is 15.5. The normalized spacial score (nSPS) is 21.7.